The van der Waals surface area contributed by atoms with Crippen molar-refractivity contribution in [2.45, 2.75) is 39.5 Å². The van der Waals surface area contributed by atoms with Crippen LogP contribution in [0.25, 0.3) is 11.1 Å². The molecule has 1 aliphatic rings. The lowest BCUT2D eigenvalue weighted by atomic mass is 9.83. The Balaban J connectivity index is 1.64. The second-order valence-electron chi connectivity index (χ2n) is 7.02. The highest BCUT2D eigenvalue weighted by Crippen LogP contribution is 2.30. The Morgan fingerprint density at radius 3 is 2.25 bits per heavy atom. The van der Waals surface area contributed by atoms with Gasteiger partial charge in [-0.25, -0.2) is 8.78 Å². The van der Waals surface area contributed by atoms with Crippen molar-refractivity contribution in [3.63, 3.8) is 0 Å². The van der Waals surface area contributed by atoms with Gasteiger partial charge in [-0.05, 0) is 54.9 Å². The minimum Gasteiger partial charge on any atom is -0.493 e. The van der Waals surface area contributed by atoms with E-state index in [1.54, 1.807) is 31.2 Å². The summed E-state index contributed by atoms with van der Waals surface area (Å²) in [5.41, 5.74) is 1.26. The Hall–Kier alpha value is -1.90. The molecule has 0 N–H and O–H groups in total. The summed E-state index contributed by atoms with van der Waals surface area (Å²) >= 11 is 0. The van der Waals surface area contributed by atoms with E-state index in [2.05, 4.69) is 6.92 Å². The maximum Gasteiger partial charge on any atom is 0.166 e. The van der Waals surface area contributed by atoms with Crippen molar-refractivity contribution in [2.24, 2.45) is 11.8 Å². The van der Waals surface area contributed by atoms with Crippen molar-refractivity contribution in [1.82, 2.24) is 0 Å². The van der Waals surface area contributed by atoms with Crippen LogP contribution in [0.5, 0.6) is 5.75 Å². The van der Waals surface area contributed by atoms with Crippen LogP contribution in [0, 0.1) is 30.4 Å². The molecule has 2 aromatic rings. The molecule has 1 aliphatic carbocycles. The van der Waals surface area contributed by atoms with Crippen LogP contribution in [-0.4, -0.2) is 6.61 Å². The maximum atomic E-state index is 14.1. The van der Waals surface area contributed by atoms with Crippen LogP contribution in [0.2, 0.25) is 0 Å². The summed E-state index contributed by atoms with van der Waals surface area (Å²) in [6.07, 6.45) is 5.02. The second-order valence-corrected chi connectivity index (χ2v) is 7.02. The molecule has 0 saturated heterocycles. The average Bonchev–Trinajstić information content (AvgIpc) is 2.60. The third kappa shape index (κ3) is 3.77. The van der Waals surface area contributed by atoms with E-state index in [4.69, 9.17) is 4.74 Å². The third-order valence-electron chi connectivity index (χ3n) is 5.06. The largest absolute Gasteiger partial charge is 0.493 e. The minimum atomic E-state index is -0.792. The van der Waals surface area contributed by atoms with E-state index >= 15 is 0 Å². The van der Waals surface area contributed by atoms with Gasteiger partial charge in [-0.1, -0.05) is 44.0 Å². The zero-order valence-corrected chi connectivity index (χ0v) is 14.3. The van der Waals surface area contributed by atoms with Gasteiger partial charge < -0.3 is 4.74 Å². The Morgan fingerprint density at radius 1 is 0.917 bits per heavy atom. The molecule has 0 unspecified atom stereocenters. The number of halogens is 2. The van der Waals surface area contributed by atoms with Crippen LogP contribution < -0.4 is 4.74 Å². The van der Waals surface area contributed by atoms with Crippen molar-refractivity contribution < 1.29 is 13.5 Å². The first kappa shape index (κ1) is 16.9. The Labute approximate surface area is 142 Å². The second kappa shape index (κ2) is 7.33. The lowest BCUT2D eigenvalue weighted by Crippen LogP contribution is -2.18. The Kier molecular flexibility index (Phi) is 5.17. The topological polar surface area (TPSA) is 9.23 Å². The molecule has 0 aromatic heterocycles. The number of rotatable bonds is 4. The van der Waals surface area contributed by atoms with Crippen LogP contribution in [-0.2, 0) is 0 Å². The first-order chi connectivity index (χ1) is 11.5. The van der Waals surface area contributed by atoms with E-state index in [0.29, 0.717) is 17.0 Å². The van der Waals surface area contributed by atoms with Gasteiger partial charge in [0.2, 0.25) is 0 Å². The molecule has 0 heterocycles. The van der Waals surface area contributed by atoms with Crippen LogP contribution in [0.3, 0.4) is 0 Å². The molecule has 2 aromatic carbocycles. The van der Waals surface area contributed by atoms with Crippen molar-refractivity contribution in [3.8, 4) is 16.9 Å². The molecule has 24 heavy (non-hydrogen) atoms. The smallest absolute Gasteiger partial charge is 0.166 e. The SMILES string of the molecule is Cc1ccc(-c2ccc(OCC3CCC(C)CC3)cc2)c(F)c1F. The zero-order valence-electron chi connectivity index (χ0n) is 14.3. The van der Waals surface area contributed by atoms with Crippen LogP contribution in [0.4, 0.5) is 8.78 Å². The Bertz CT molecular complexity index is 686. The van der Waals surface area contributed by atoms with Crippen molar-refractivity contribution in [1.29, 1.82) is 0 Å². The third-order valence-corrected chi connectivity index (χ3v) is 5.06. The number of hydrogen-bond donors (Lipinski definition) is 0. The van der Waals surface area contributed by atoms with Crippen LogP contribution in [0.1, 0.15) is 38.2 Å². The van der Waals surface area contributed by atoms with Gasteiger partial charge in [0.15, 0.2) is 11.6 Å². The molecule has 0 bridgehead atoms. The van der Waals surface area contributed by atoms with E-state index in [1.807, 2.05) is 12.1 Å². The molecule has 0 atom stereocenters. The molecule has 1 saturated carbocycles. The molecule has 0 spiro atoms. The summed E-state index contributed by atoms with van der Waals surface area (Å²) in [5.74, 6) is 0.680. The summed E-state index contributed by atoms with van der Waals surface area (Å²) in [6, 6.07) is 10.4. The van der Waals surface area contributed by atoms with Crippen molar-refractivity contribution >= 4 is 0 Å². The maximum absolute atomic E-state index is 14.1. The molecule has 3 heteroatoms. The number of hydrogen-bond acceptors (Lipinski definition) is 1. The van der Waals surface area contributed by atoms with Gasteiger partial charge in [0.05, 0.1) is 6.61 Å². The average molecular weight is 330 g/mol. The number of aryl methyl sites for hydroxylation is 1. The monoisotopic (exact) mass is 330 g/mol. The summed E-state index contributed by atoms with van der Waals surface area (Å²) in [5, 5.41) is 0. The normalized spacial score (nSPS) is 20.8. The van der Waals surface area contributed by atoms with Gasteiger partial charge in [-0.15, -0.1) is 0 Å². The van der Waals surface area contributed by atoms with Gasteiger partial charge in [0.25, 0.3) is 0 Å². The summed E-state index contributed by atoms with van der Waals surface area (Å²) in [4.78, 5) is 0. The predicted octanol–water partition coefficient (Wildman–Crippen LogP) is 6.15. The molecule has 0 amide bonds. The quantitative estimate of drug-likeness (QED) is 0.654. The number of benzene rings is 2. The standard InChI is InChI=1S/C21H24F2O/c1-14-3-6-16(7-4-14)13-24-18-10-8-17(9-11-18)19-12-5-15(2)20(22)21(19)23/h5,8-12,14,16H,3-4,6-7,13H2,1-2H3. The first-order valence-electron chi connectivity index (χ1n) is 8.72. The molecule has 128 valence electrons. The lowest BCUT2D eigenvalue weighted by molar-refractivity contribution is 0.188. The molecule has 1 fully saturated rings. The molecule has 1 nitrogen and oxygen atoms in total. The van der Waals surface area contributed by atoms with E-state index < -0.39 is 11.6 Å². The Morgan fingerprint density at radius 2 is 1.58 bits per heavy atom. The van der Waals surface area contributed by atoms with Crippen LogP contribution in [0.15, 0.2) is 36.4 Å². The van der Waals surface area contributed by atoms with E-state index in [1.165, 1.54) is 25.7 Å². The summed E-state index contributed by atoms with van der Waals surface area (Å²) in [6.45, 7) is 4.60. The number of ether oxygens (including phenoxy) is 1. The lowest BCUT2D eigenvalue weighted by Gasteiger charge is -2.26. The first-order valence-corrected chi connectivity index (χ1v) is 8.72. The predicted molar refractivity (Wildman–Crippen MR) is 93.1 cm³/mol. The molecule has 0 radical (unpaired) electrons. The van der Waals surface area contributed by atoms with Gasteiger partial charge in [0, 0.05) is 5.56 Å². The molecule has 0 aliphatic heterocycles. The van der Waals surface area contributed by atoms with Crippen LogP contribution >= 0.6 is 0 Å². The molecular weight excluding hydrogens is 306 g/mol. The molecular formula is C21H24F2O. The fourth-order valence-electron chi connectivity index (χ4n) is 3.31. The van der Waals surface area contributed by atoms with Crippen molar-refractivity contribution in [2.75, 3.05) is 6.61 Å². The summed E-state index contributed by atoms with van der Waals surface area (Å²) in [7, 11) is 0. The summed E-state index contributed by atoms with van der Waals surface area (Å²) < 4.78 is 33.7. The fourth-order valence-corrected chi connectivity index (χ4v) is 3.31. The van der Waals surface area contributed by atoms with E-state index in [9.17, 15) is 8.78 Å². The highest BCUT2D eigenvalue weighted by Gasteiger charge is 2.18. The highest BCUT2D eigenvalue weighted by molar-refractivity contribution is 5.65. The van der Waals surface area contributed by atoms with E-state index in [0.717, 1.165) is 18.3 Å². The zero-order chi connectivity index (χ0) is 17.1. The highest BCUT2D eigenvalue weighted by atomic mass is 19.2. The van der Waals surface area contributed by atoms with Crippen molar-refractivity contribution in [3.05, 3.63) is 53.6 Å². The van der Waals surface area contributed by atoms with Gasteiger partial charge >= 0.3 is 0 Å². The van der Waals surface area contributed by atoms with E-state index in [-0.39, 0.29) is 5.56 Å². The minimum absolute atomic E-state index is 0.283. The molecule has 3 rings (SSSR count). The van der Waals surface area contributed by atoms with Gasteiger partial charge in [0.1, 0.15) is 5.75 Å². The van der Waals surface area contributed by atoms with Gasteiger partial charge in [-0.3, -0.25) is 0 Å². The fraction of sp³-hybridized carbons (Fsp3) is 0.429. The van der Waals surface area contributed by atoms with Gasteiger partial charge in [-0.2, -0.15) is 0 Å².